The molecule has 2 aliphatic heterocycles. The van der Waals surface area contributed by atoms with Gasteiger partial charge in [-0.2, -0.15) is 0 Å². The van der Waals surface area contributed by atoms with E-state index in [1.165, 1.54) is 4.90 Å². The molecule has 2 heterocycles. The standard InChI is InChI=1S/C14H15NO3/c1-8(11-14(2,3)18-11)15-12(16)9-6-4-5-7-10(9)13(15)17/h4-8,11H,1-3H3. The topological polar surface area (TPSA) is 49.9 Å². The van der Waals surface area contributed by atoms with Gasteiger partial charge in [0.2, 0.25) is 0 Å². The average Bonchev–Trinajstić information content (AvgIpc) is 2.90. The number of amides is 2. The zero-order valence-corrected chi connectivity index (χ0v) is 10.6. The van der Waals surface area contributed by atoms with E-state index in [0.29, 0.717) is 11.1 Å². The number of rotatable bonds is 2. The Morgan fingerprint density at radius 2 is 1.61 bits per heavy atom. The molecule has 0 aliphatic carbocycles. The highest BCUT2D eigenvalue weighted by Crippen LogP contribution is 2.41. The first kappa shape index (κ1) is 11.4. The molecule has 0 saturated carbocycles. The molecule has 0 aromatic heterocycles. The number of benzene rings is 1. The number of nitrogens with zero attached hydrogens (tertiary/aromatic N) is 1. The van der Waals surface area contributed by atoms with Crippen LogP contribution in [0.25, 0.3) is 0 Å². The summed E-state index contributed by atoms with van der Waals surface area (Å²) in [4.78, 5) is 25.8. The third kappa shape index (κ3) is 1.42. The van der Waals surface area contributed by atoms with Gasteiger partial charge in [0.05, 0.1) is 22.8 Å². The molecule has 1 saturated heterocycles. The SMILES string of the molecule is CC(C1OC1(C)C)N1C(=O)c2ccccc2C1=O. The molecule has 0 N–H and O–H groups in total. The van der Waals surface area contributed by atoms with E-state index in [2.05, 4.69) is 0 Å². The second-order valence-electron chi connectivity index (χ2n) is 5.41. The quantitative estimate of drug-likeness (QED) is 0.590. The first-order valence-electron chi connectivity index (χ1n) is 6.08. The van der Waals surface area contributed by atoms with Crippen LogP contribution in [0.15, 0.2) is 24.3 Å². The van der Waals surface area contributed by atoms with Crippen LogP contribution in [0.1, 0.15) is 41.5 Å². The Morgan fingerprint density at radius 3 is 2.00 bits per heavy atom. The van der Waals surface area contributed by atoms with Gasteiger partial charge in [-0.25, -0.2) is 0 Å². The summed E-state index contributed by atoms with van der Waals surface area (Å²) in [5.41, 5.74) is 0.745. The predicted molar refractivity (Wildman–Crippen MR) is 65.4 cm³/mol. The number of carbonyl (C=O) groups excluding carboxylic acids is 2. The number of hydrogen-bond donors (Lipinski definition) is 0. The van der Waals surface area contributed by atoms with Crippen LogP contribution >= 0.6 is 0 Å². The second-order valence-corrected chi connectivity index (χ2v) is 5.41. The van der Waals surface area contributed by atoms with Crippen molar-refractivity contribution in [1.82, 2.24) is 4.90 Å². The lowest BCUT2D eigenvalue weighted by molar-refractivity contribution is 0.0572. The maximum absolute atomic E-state index is 12.2. The molecule has 3 rings (SSSR count). The van der Waals surface area contributed by atoms with Crippen molar-refractivity contribution in [3.63, 3.8) is 0 Å². The van der Waals surface area contributed by atoms with Crippen molar-refractivity contribution < 1.29 is 14.3 Å². The van der Waals surface area contributed by atoms with E-state index in [9.17, 15) is 9.59 Å². The summed E-state index contributed by atoms with van der Waals surface area (Å²) in [6, 6.07) is 6.71. The fourth-order valence-electron chi connectivity index (χ4n) is 2.69. The Morgan fingerprint density at radius 1 is 1.17 bits per heavy atom. The molecule has 0 spiro atoms. The molecule has 1 aromatic rings. The molecule has 94 valence electrons. The highest BCUT2D eigenvalue weighted by Gasteiger charge is 2.55. The van der Waals surface area contributed by atoms with Crippen molar-refractivity contribution in [3.05, 3.63) is 35.4 Å². The van der Waals surface area contributed by atoms with E-state index in [1.807, 2.05) is 20.8 Å². The highest BCUT2D eigenvalue weighted by atomic mass is 16.6. The van der Waals surface area contributed by atoms with Crippen LogP contribution < -0.4 is 0 Å². The van der Waals surface area contributed by atoms with Crippen molar-refractivity contribution in [2.45, 2.75) is 38.5 Å². The monoisotopic (exact) mass is 245 g/mol. The molecule has 2 aliphatic rings. The van der Waals surface area contributed by atoms with Crippen LogP contribution in [-0.2, 0) is 4.74 Å². The summed E-state index contributed by atoms with van der Waals surface area (Å²) in [5, 5.41) is 0. The Hall–Kier alpha value is -1.68. The summed E-state index contributed by atoms with van der Waals surface area (Å²) < 4.78 is 5.53. The number of carbonyl (C=O) groups is 2. The van der Waals surface area contributed by atoms with Gasteiger partial charge >= 0.3 is 0 Å². The number of hydrogen-bond acceptors (Lipinski definition) is 3. The lowest BCUT2D eigenvalue weighted by Gasteiger charge is -2.21. The molecule has 2 amide bonds. The number of epoxide rings is 1. The maximum atomic E-state index is 12.2. The average molecular weight is 245 g/mol. The molecule has 0 radical (unpaired) electrons. The van der Waals surface area contributed by atoms with Crippen molar-refractivity contribution in [3.8, 4) is 0 Å². The van der Waals surface area contributed by atoms with Crippen molar-refractivity contribution in [1.29, 1.82) is 0 Å². The molecule has 2 unspecified atom stereocenters. The molecule has 1 aromatic carbocycles. The van der Waals surface area contributed by atoms with E-state index in [-0.39, 0.29) is 29.6 Å². The summed E-state index contributed by atoms with van der Waals surface area (Å²) in [7, 11) is 0. The normalized spacial score (nSPS) is 26.2. The van der Waals surface area contributed by atoms with Gasteiger partial charge in [0.1, 0.15) is 6.10 Å². The van der Waals surface area contributed by atoms with Gasteiger partial charge in [0.25, 0.3) is 11.8 Å². The van der Waals surface area contributed by atoms with Gasteiger partial charge < -0.3 is 4.74 Å². The smallest absolute Gasteiger partial charge is 0.261 e. The molecule has 0 bridgehead atoms. The molecule has 2 atom stereocenters. The number of ether oxygens (including phenoxy) is 1. The molecular formula is C14H15NO3. The second kappa shape index (κ2) is 3.42. The van der Waals surface area contributed by atoms with Crippen molar-refractivity contribution in [2.24, 2.45) is 0 Å². The van der Waals surface area contributed by atoms with Gasteiger partial charge in [0, 0.05) is 0 Å². The molecule has 1 fully saturated rings. The van der Waals surface area contributed by atoms with E-state index in [1.54, 1.807) is 24.3 Å². The van der Waals surface area contributed by atoms with Crippen LogP contribution in [-0.4, -0.2) is 34.5 Å². The third-order valence-corrected chi connectivity index (χ3v) is 3.73. The summed E-state index contributed by atoms with van der Waals surface area (Å²) in [6.07, 6.45) is -0.0697. The van der Waals surface area contributed by atoms with E-state index >= 15 is 0 Å². The van der Waals surface area contributed by atoms with Gasteiger partial charge in [-0.1, -0.05) is 12.1 Å². The largest absolute Gasteiger partial charge is 0.364 e. The fraction of sp³-hybridized carbons (Fsp3) is 0.429. The highest BCUT2D eigenvalue weighted by molar-refractivity contribution is 6.21. The third-order valence-electron chi connectivity index (χ3n) is 3.73. The Kier molecular flexibility index (Phi) is 2.17. The maximum Gasteiger partial charge on any atom is 0.261 e. The minimum Gasteiger partial charge on any atom is -0.364 e. The lowest BCUT2D eigenvalue weighted by atomic mass is 10.0. The summed E-state index contributed by atoms with van der Waals surface area (Å²) >= 11 is 0. The molecule has 4 heteroatoms. The Balaban J connectivity index is 1.93. The van der Waals surface area contributed by atoms with Gasteiger partial charge in [0.15, 0.2) is 0 Å². The van der Waals surface area contributed by atoms with Crippen LogP contribution in [0.5, 0.6) is 0 Å². The van der Waals surface area contributed by atoms with Crippen LogP contribution in [0.3, 0.4) is 0 Å². The van der Waals surface area contributed by atoms with E-state index in [0.717, 1.165) is 0 Å². The molecule has 18 heavy (non-hydrogen) atoms. The Labute approximate surface area is 106 Å². The van der Waals surface area contributed by atoms with Gasteiger partial charge in [-0.05, 0) is 32.9 Å². The minimum absolute atomic E-state index is 0.0697. The first-order chi connectivity index (χ1) is 8.43. The van der Waals surface area contributed by atoms with Gasteiger partial charge in [-0.3, -0.25) is 14.5 Å². The van der Waals surface area contributed by atoms with Crippen molar-refractivity contribution >= 4 is 11.8 Å². The van der Waals surface area contributed by atoms with Crippen LogP contribution in [0.2, 0.25) is 0 Å². The minimum atomic E-state index is -0.241. The molecule has 4 nitrogen and oxygen atoms in total. The first-order valence-corrected chi connectivity index (χ1v) is 6.08. The zero-order valence-electron chi connectivity index (χ0n) is 10.6. The zero-order chi connectivity index (χ0) is 13.1. The summed E-state index contributed by atoms with van der Waals surface area (Å²) in [5.74, 6) is -0.427. The van der Waals surface area contributed by atoms with E-state index in [4.69, 9.17) is 4.74 Å². The lowest BCUT2D eigenvalue weighted by Crippen LogP contribution is -2.42. The Bertz CT molecular complexity index is 515. The van der Waals surface area contributed by atoms with Gasteiger partial charge in [-0.15, -0.1) is 0 Å². The predicted octanol–water partition coefficient (Wildman–Crippen LogP) is 1.85. The fourth-order valence-corrected chi connectivity index (χ4v) is 2.69. The number of imide groups is 1. The molecular weight excluding hydrogens is 230 g/mol. The van der Waals surface area contributed by atoms with Crippen LogP contribution in [0.4, 0.5) is 0 Å². The summed E-state index contributed by atoms with van der Waals surface area (Å²) in [6.45, 7) is 5.79. The van der Waals surface area contributed by atoms with E-state index < -0.39 is 0 Å². The van der Waals surface area contributed by atoms with Crippen LogP contribution in [0, 0.1) is 0 Å². The number of fused-ring (bicyclic) bond motifs is 1. The van der Waals surface area contributed by atoms with Crippen molar-refractivity contribution in [2.75, 3.05) is 0 Å².